The highest BCUT2D eigenvalue weighted by Gasteiger charge is 2.34. The van der Waals surface area contributed by atoms with Crippen LogP contribution in [-0.2, 0) is 16.0 Å². The van der Waals surface area contributed by atoms with E-state index >= 15 is 0 Å². The number of carbonyl (C=O) groups excluding carboxylic acids is 2. The van der Waals surface area contributed by atoms with Crippen LogP contribution in [0.15, 0.2) is 22.7 Å². The Bertz CT molecular complexity index is 625. The minimum absolute atomic E-state index is 0.00496. The van der Waals surface area contributed by atoms with Gasteiger partial charge in [0.25, 0.3) is 0 Å². The number of likely N-dealkylation sites (tertiary alicyclic amines) is 1. The second kappa shape index (κ2) is 7.55. The Labute approximate surface area is 151 Å². The monoisotopic (exact) mass is 396 g/mol. The first-order valence-corrected chi connectivity index (χ1v) is 9.03. The quantitative estimate of drug-likeness (QED) is 0.785. The van der Waals surface area contributed by atoms with Crippen LogP contribution in [0, 0.1) is 0 Å². The van der Waals surface area contributed by atoms with Crippen LogP contribution in [0.25, 0.3) is 0 Å². The SMILES string of the molecule is CC(C)(C)OC(=O)N1CCCC[C@H]1C(=O)Cc1cc(Br)ccc1N. The van der Waals surface area contributed by atoms with Gasteiger partial charge in [0.15, 0.2) is 5.78 Å². The van der Waals surface area contributed by atoms with Crippen molar-refractivity contribution in [3.8, 4) is 0 Å². The van der Waals surface area contributed by atoms with E-state index in [9.17, 15) is 9.59 Å². The van der Waals surface area contributed by atoms with Gasteiger partial charge in [-0.25, -0.2) is 4.79 Å². The molecule has 1 amide bonds. The fraction of sp³-hybridized carbons (Fsp3) is 0.556. The molecule has 0 spiro atoms. The van der Waals surface area contributed by atoms with E-state index in [1.807, 2.05) is 32.9 Å². The molecule has 2 N–H and O–H groups in total. The van der Waals surface area contributed by atoms with Crippen molar-refractivity contribution in [3.05, 3.63) is 28.2 Å². The highest BCUT2D eigenvalue weighted by Crippen LogP contribution is 2.24. The van der Waals surface area contributed by atoms with E-state index in [-0.39, 0.29) is 12.2 Å². The molecule has 5 nitrogen and oxygen atoms in total. The van der Waals surface area contributed by atoms with Crippen LogP contribution in [0.3, 0.4) is 0 Å². The van der Waals surface area contributed by atoms with Crippen LogP contribution >= 0.6 is 15.9 Å². The predicted octanol–water partition coefficient (Wildman–Crippen LogP) is 3.93. The first kappa shape index (κ1) is 18.8. The summed E-state index contributed by atoms with van der Waals surface area (Å²) in [6.45, 7) is 6.04. The molecular formula is C18H25BrN2O3. The number of anilines is 1. The van der Waals surface area contributed by atoms with Crippen molar-refractivity contribution in [2.45, 2.75) is 58.1 Å². The second-order valence-corrected chi connectivity index (χ2v) is 8.09. The Balaban J connectivity index is 2.13. The number of ether oxygens (including phenoxy) is 1. The molecule has 24 heavy (non-hydrogen) atoms. The number of nitrogens with two attached hydrogens (primary N) is 1. The number of hydrogen-bond acceptors (Lipinski definition) is 4. The predicted molar refractivity (Wildman–Crippen MR) is 97.8 cm³/mol. The topological polar surface area (TPSA) is 72.6 Å². The summed E-state index contributed by atoms with van der Waals surface area (Å²) in [5.74, 6) is 0.00496. The van der Waals surface area contributed by atoms with Crippen molar-refractivity contribution in [1.82, 2.24) is 4.90 Å². The lowest BCUT2D eigenvalue weighted by molar-refractivity contribution is -0.124. The van der Waals surface area contributed by atoms with Crippen molar-refractivity contribution in [1.29, 1.82) is 0 Å². The van der Waals surface area contributed by atoms with Crippen LogP contribution in [0.2, 0.25) is 0 Å². The van der Waals surface area contributed by atoms with Gasteiger partial charge in [0.1, 0.15) is 5.60 Å². The van der Waals surface area contributed by atoms with Crippen molar-refractivity contribution >= 4 is 33.5 Å². The summed E-state index contributed by atoms with van der Waals surface area (Å²) in [5.41, 5.74) is 6.76. The van der Waals surface area contributed by atoms with Crippen molar-refractivity contribution in [2.75, 3.05) is 12.3 Å². The van der Waals surface area contributed by atoms with E-state index < -0.39 is 17.7 Å². The number of piperidine rings is 1. The lowest BCUT2D eigenvalue weighted by Gasteiger charge is -2.36. The number of Topliss-reactive ketones (excluding diaryl/α,β-unsaturated/α-hetero) is 1. The molecule has 0 unspecified atom stereocenters. The number of benzene rings is 1. The molecule has 0 bridgehead atoms. The van der Waals surface area contributed by atoms with E-state index in [1.165, 1.54) is 0 Å². The van der Waals surface area contributed by atoms with Gasteiger partial charge in [0.2, 0.25) is 0 Å². The lowest BCUT2D eigenvalue weighted by Crippen LogP contribution is -2.50. The minimum atomic E-state index is -0.573. The summed E-state index contributed by atoms with van der Waals surface area (Å²) in [6.07, 6.45) is 2.30. The molecule has 1 aliphatic rings. The van der Waals surface area contributed by atoms with E-state index in [1.54, 1.807) is 11.0 Å². The van der Waals surface area contributed by atoms with Gasteiger partial charge in [-0.1, -0.05) is 15.9 Å². The van der Waals surface area contributed by atoms with Gasteiger partial charge < -0.3 is 10.5 Å². The zero-order chi connectivity index (χ0) is 17.9. The number of nitrogen functional groups attached to an aromatic ring is 1. The molecule has 1 aliphatic heterocycles. The molecule has 0 aromatic heterocycles. The molecule has 1 saturated heterocycles. The van der Waals surface area contributed by atoms with E-state index in [4.69, 9.17) is 10.5 Å². The summed E-state index contributed by atoms with van der Waals surface area (Å²) in [7, 11) is 0. The maximum Gasteiger partial charge on any atom is 0.410 e. The Kier molecular flexibility index (Phi) is 5.91. The minimum Gasteiger partial charge on any atom is -0.444 e. The maximum atomic E-state index is 12.8. The average Bonchev–Trinajstić information content (AvgIpc) is 2.49. The normalized spacial score (nSPS) is 18.3. The highest BCUT2D eigenvalue weighted by atomic mass is 79.9. The van der Waals surface area contributed by atoms with Crippen LogP contribution in [0.5, 0.6) is 0 Å². The Morgan fingerprint density at radius 3 is 2.71 bits per heavy atom. The third kappa shape index (κ3) is 4.97. The van der Waals surface area contributed by atoms with Crippen molar-refractivity contribution in [2.24, 2.45) is 0 Å². The van der Waals surface area contributed by atoms with Gasteiger partial charge in [-0.15, -0.1) is 0 Å². The number of ketones is 1. The fourth-order valence-corrected chi connectivity index (χ4v) is 3.25. The molecule has 2 rings (SSSR count). The first-order chi connectivity index (χ1) is 11.2. The summed E-state index contributed by atoms with van der Waals surface area (Å²) in [4.78, 5) is 26.8. The summed E-state index contributed by atoms with van der Waals surface area (Å²) < 4.78 is 6.33. The molecule has 1 aromatic carbocycles. The molecule has 132 valence electrons. The fourth-order valence-electron chi connectivity index (χ4n) is 2.84. The van der Waals surface area contributed by atoms with Crippen LogP contribution in [-0.4, -0.2) is 35.0 Å². The molecule has 0 aliphatic carbocycles. The highest BCUT2D eigenvalue weighted by molar-refractivity contribution is 9.10. The van der Waals surface area contributed by atoms with E-state index in [0.717, 1.165) is 22.9 Å². The number of nitrogens with zero attached hydrogens (tertiary/aromatic N) is 1. The van der Waals surface area contributed by atoms with E-state index in [0.29, 0.717) is 18.7 Å². The van der Waals surface area contributed by atoms with Gasteiger partial charge in [0, 0.05) is 23.1 Å². The summed E-state index contributed by atoms with van der Waals surface area (Å²) in [5, 5.41) is 0. The second-order valence-electron chi connectivity index (χ2n) is 7.17. The van der Waals surface area contributed by atoms with Gasteiger partial charge in [-0.05, 0) is 63.8 Å². The standard InChI is InChI=1S/C18H25BrN2O3/c1-18(2,3)24-17(23)21-9-5-4-6-15(21)16(22)11-12-10-13(19)7-8-14(12)20/h7-8,10,15H,4-6,9,11,20H2,1-3H3/t15-/m0/s1. The van der Waals surface area contributed by atoms with Crippen LogP contribution in [0.4, 0.5) is 10.5 Å². The number of halogens is 1. The molecule has 0 radical (unpaired) electrons. The zero-order valence-electron chi connectivity index (χ0n) is 14.5. The lowest BCUT2D eigenvalue weighted by atomic mass is 9.94. The summed E-state index contributed by atoms with van der Waals surface area (Å²) in [6, 6.07) is 5.04. The average molecular weight is 397 g/mol. The maximum absolute atomic E-state index is 12.8. The third-order valence-corrected chi connectivity index (χ3v) is 4.47. The van der Waals surface area contributed by atoms with Gasteiger partial charge in [0.05, 0.1) is 6.04 Å². The van der Waals surface area contributed by atoms with Gasteiger partial charge in [-0.3, -0.25) is 9.69 Å². The van der Waals surface area contributed by atoms with Crippen molar-refractivity contribution in [3.63, 3.8) is 0 Å². The molecule has 1 aromatic rings. The summed E-state index contributed by atoms with van der Waals surface area (Å²) >= 11 is 3.40. The first-order valence-electron chi connectivity index (χ1n) is 8.23. The number of carbonyl (C=O) groups is 2. The molecule has 1 fully saturated rings. The molecule has 1 heterocycles. The van der Waals surface area contributed by atoms with Gasteiger partial charge in [-0.2, -0.15) is 0 Å². The third-order valence-electron chi connectivity index (χ3n) is 3.97. The number of hydrogen-bond donors (Lipinski definition) is 1. The largest absolute Gasteiger partial charge is 0.444 e. The van der Waals surface area contributed by atoms with Crippen LogP contribution < -0.4 is 5.73 Å². The molecule has 0 saturated carbocycles. The molecule has 6 heteroatoms. The molecule has 1 atom stereocenters. The number of amides is 1. The Morgan fingerprint density at radius 2 is 2.04 bits per heavy atom. The van der Waals surface area contributed by atoms with E-state index in [2.05, 4.69) is 15.9 Å². The van der Waals surface area contributed by atoms with Crippen LogP contribution in [0.1, 0.15) is 45.6 Å². The zero-order valence-corrected chi connectivity index (χ0v) is 16.1. The van der Waals surface area contributed by atoms with Crippen molar-refractivity contribution < 1.29 is 14.3 Å². The number of rotatable bonds is 3. The molecular weight excluding hydrogens is 372 g/mol. The smallest absolute Gasteiger partial charge is 0.410 e. The Hall–Kier alpha value is -1.56. The Morgan fingerprint density at radius 1 is 1.33 bits per heavy atom. The van der Waals surface area contributed by atoms with Gasteiger partial charge >= 0.3 is 6.09 Å².